The molecule has 134 valence electrons. The average molecular weight is 353 g/mol. The normalized spacial score (nSPS) is 17.7. The average Bonchev–Trinajstić information content (AvgIpc) is 2.93. The van der Waals surface area contributed by atoms with Gasteiger partial charge in [-0.2, -0.15) is 10.4 Å². The number of benzene rings is 1. The third-order valence-electron chi connectivity index (χ3n) is 4.46. The lowest BCUT2D eigenvalue weighted by Crippen LogP contribution is -2.42. The summed E-state index contributed by atoms with van der Waals surface area (Å²) in [5, 5.41) is 12.8. The Labute approximate surface area is 151 Å². The number of carbonyl (C=O) groups excluding carboxylic acids is 3. The van der Waals surface area contributed by atoms with Gasteiger partial charge in [0.2, 0.25) is 5.91 Å². The zero-order valence-electron chi connectivity index (χ0n) is 14.3. The summed E-state index contributed by atoms with van der Waals surface area (Å²) in [5.74, 6) is -0.516. The zero-order chi connectivity index (χ0) is 18.5. The van der Waals surface area contributed by atoms with Crippen molar-refractivity contribution in [3.8, 4) is 6.07 Å². The van der Waals surface area contributed by atoms with Crippen LogP contribution in [0.2, 0.25) is 0 Å². The standard InChI is InChI=1S/C18H19N5O3/c19-12-13-3-1-4-14(11-13)17(25)22-7-2-8-23(10-9-22)18(26)15-5-6-16(24)21-20-15/h1,3-4,11H,2,5-10H2,(H,21,24). The summed E-state index contributed by atoms with van der Waals surface area (Å²) in [6.45, 7) is 1.91. The Hall–Kier alpha value is -3.21. The van der Waals surface area contributed by atoms with Crippen LogP contribution >= 0.6 is 0 Å². The number of hydrogen-bond acceptors (Lipinski definition) is 5. The number of hydrazone groups is 1. The van der Waals surface area contributed by atoms with Gasteiger partial charge in [-0.15, -0.1) is 0 Å². The molecule has 8 nitrogen and oxygen atoms in total. The second-order valence-corrected chi connectivity index (χ2v) is 6.22. The van der Waals surface area contributed by atoms with E-state index in [0.717, 1.165) is 0 Å². The van der Waals surface area contributed by atoms with Crippen LogP contribution in [0.5, 0.6) is 0 Å². The largest absolute Gasteiger partial charge is 0.337 e. The van der Waals surface area contributed by atoms with Gasteiger partial charge in [-0.1, -0.05) is 6.07 Å². The van der Waals surface area contributed by atoms with Crippen molar-refractivity contribution >= 4 is 23.4 Å². The molecule has 1 N–H and O–H groups in total. The maximum Gasteiger partial charge on any atom is 0.270 e. The number of hydrogen-bond donors (Lipinski definition) is 1. The molecule has 0 bridgehead atoms. The van der Waals surface area contributed by atoms with E-state index in [4.69, 9.17) is 5.26 Å². The Morgan fingerprint density at radius 3 is 2.46 bits per heavy atom. The molecule has 3 amide bonds. The van der Waals surface area contributed by atoms with E-state index in [1.54, 1.807) is 34.1 Å². The van der Waals surface area contributed by atoms with E-state index in [1.165, 1.54) is 0 Å². The van der Waals surface area contributed by atoms with E-state index in [0.29, 0.717) is 55.9 Å². The Morgan fingerprint density at radius 1 is 1.08 bits per heavy atom. The third-order valence-corrected chi connectivity index (χ3v) is 4.46. The van der Waals surface area contributed by atoms with Crippen LogP contribution in [0.3, 0.4) is 0 Å². The maximum absolute atomic E-state index is 12.7. The quantitative estimate of drug-likeness (QED) is 0.835. The Balaban J connectivity index is 1.64. The third kappa shape index (κ3) is 3.88. The predicted octanol–water partition coefficient (Wildman–Crippen LogP) is 0.499. The molecule has 2 heterocycles. The van der Waals surface area contributed by atoms with Crippen LogP contribution in [0.1, 0.15) is 35.2 Å². The molecular weight excluding hydrogens is 334 g/mol. The number of amides is 3. The highest BCUT2D eigenvalue weighted by molar-refractivity contribution is 6.39. The fourth-order valence-electron chi connectivity index (χ4n) is 3.04. The number of rotatable bonds is 2. The van der Waals surface area contributed by atoms with Crippen LogP contribution in [0.15, 0.2) is 29.4 Å². The number of nitriles is 1. The molecule has 2 aliphatic rings. The van der Waals surface area contributed by atoms with Gasteiger partial charge in [0.25, 0.3) is 11.8 Å². The highest BCUT2D eigenvalue weighted by Crippen LogP contribution is 2.12. The van der Waals surface area contributed by atoms with Gasteiger partial charge < -0.3 is 9.80 Å². The summed E-state index contributed by atoms with van der Waals surface area (Å²) in [7, 11) is 0. The lowest BCUT2D eigenvalue weighted by atomic mass is 10.1. The molecule has 1 aromatic rings. The van der Waals surface area contributed by atoms with Crippen molar-refractivity contribution in [3.63, 3.8) is 0 Å². The molecule has 0 radical (unpaired) electrons. The van der Waals surface area contributed by atoms with Gasteiger partial charge in [0.05, 0.1) is 11.6 Å². The van der Waals surface area contributed by atoms with Gasteiger partial charge in [-0.25, -0.2) is 5.43 Å². The Morgan fingerprint density at radius 2 is 1.81 bits per heavy atom. The summed E-state index contributed by atoms with van der Waals surface area (Å²) in [6, 6.07) is 8.65. The van der Waals surface area contributed by atoms with Gasteiger partial charge in [0.1, 0.15) is 5.71 Å². The van der Waals surface area contributed by atoms with Crippen molar-refractivity contribution in [2.75, 3.05) is 26.2 Å². The van der Waals surface area contributed by atoms with E-state index in [2.05, 4.69) is 10.5 Å². The maximum atomic E-state index is 12.7. The molecule has 1 fully saturated rings. The molecule has 1 aromatic carbocycles. The van der Waals surface area contributed by atoms with E-state index in [1.807, 2.05) is 6.07 Å². The van der Waals surface area contributed by atoms with Crippen molar-refractivity contribution in [1.29, 1.82) is 5.26 Å². The first-order valence-corrected chi connectivity index (χ1v) is 8.52. The Bertz CT molecular complexity index is 811. The van der Waals surface area contributed by atoms with E-state index < -0.39 is 0 Å². The minimum absolute atomic E-state index is 0.140. The molecular formula is C18H19N5O3. The van der Waals surface area contributed by atoms with E-state index >= 15 is 0 Å². The van der Waals surface area contributed by atoms with Gasteiger partial charge in [-0.05, 0) is 24.6 Å². The molecule has 0 aliphatic carbocycles. The van der Waals surface area contributed by atoms with Gasteiger partial charge in [0, 0.05) is 44.6 Å². The molecule has 0 saturated carbocycles. The monoisotopic (exact) mass is 353 g/mol. The van der Waals surface area contributed by atoms with E-state index in [-0.39, 0.29) is 24.1 Å². The lowest BCUT2D eigenvalue weighted by molar-refractivity contribution is -0.124. The van der Waals surface area contributed by atoms with Crippen LogP contribution in [-0.4, -0.2) is 59.4 Å². The summed E-state index contributed by atoms with van der Waals surface area (Å²) >= 11 is 0. The second-order valence-electron chi connectivity index (χ2n) is 6.22. The van der Waals surface area contributed by atoms with Crippen molar-refractivity contribution in [2.45, 2.75) is 19.3 Å². The second kappa shape index (κ2) is 7.78. The Kier molecular flexibility index (Phi) is 5.27. The first-order chi connectivity index (χ1) is 12.6. The molecule has 3 rings (SSSR count). The SMILES string of the molecule is N#Cc1cccc(C(=O)N2CCCN(C(=O)C3=NNC(=O)CC3)CC2)c1. The van der Waals surface area contributed by atoms with Gasteiger partial charge >= 0.3 is 0 Å². The fraction of sp³-hybridized carbons (Fsp3) is 0.389. The summed E-state index contributed by atoms with van der Waals surface area (Å²) < 4.78 is 0. The summed E-state index contributed by atoms with van der Waals surface area (Å²) in [4.78, 5) is 39.8. The van der Waals surface area contributed by atoms with Crippen molar-refractivity contribution in [3.05, 3.63) is 35.4 Å². The minimum atomic E-state index is -0.189. The van der Waals surface area contributed by atoms with Crippen LogP contribution in [0.25, 0.3) is 0 Å². The highest BCUT2D eigenvalue weighted by Gasteiger charge is 2.27. The van der Waals surface area contributed by atoms with Gasteiger partial charge in [-0.3, -0.25) is 14.4 Å². The molecule has 0 unspecified atom stereocenters. The molecule has 8 heteroatoms. The molecule has 2 aliphatic heterocycles. The van der Waals surface area contributed by atoms with Crippen LogP contribution in [0.4, 0.5) is 0 Å². The van der Waals surface area contributed by atoms with Crippen molar-refractivity contribution < 1.29 is 14.4 Å². The topological polar surface area (TPSA) is 106 Å². The molecule has 26 heavy (non-hydrogen) atoms. The smallest absolute Gasteiger partial charge is 0.270 e. The minimum Gasteiger partial charge on any atom is -0.337 e. The fourth-order valence-corrected chi connectivity index (χ4v) is 3.04. The van der Waals surface area contributed by atoms with E-state index in [9.17, 15) is 14.4 Å². The number of carbonyl (C=O) groups is 3. The first kappa shape index (κ1) is 17.6. The van der Waals surface area contributed by atoms with Crippen LogP contribution in [-0.2, 0) is 9.59 Å². The molecule has 1 saturated heterocycles. The molecule has 0 spiro atoms. The highest BCUT2D eigenvalue weighted by atomic mass is 16.2. The summed E-state index contributed by atoms with van der Waals surface area (Å²) in [5.41, 5.74) is 3.61. The van der Waals surface area contributed by atoms with Crippen molar-refractivity contribution in [2.24, 2.45) is 5.10 Å². The van der Waals surface area contributed by atoms with Crippen LogP contribution in [0, 0.1) is 11.3 Å². The van der Waals surface area contributed by atoms with Crippen molar-refractivity contribution in [1.82, 2.24) is 15.2 Å². The molecule has 0 aromatic heterocycles. The first-order valence-electron chi connectivity index (χ1n) is 8.52. The number of nitrogens with one attached hydrogen (secondary N) is 1. The summed E-state index contributed by atoms with van der Waals surface area (Å²) in [6.07, 6.45) is 1.26. The predicted molar refractivity (Wildman–Crippen MR) is 93.1 cm³/mol. The zero-order valence-corrected chi connectivity index (χ0v) is 14.3. The van der Waals surface area contributed by atoms with Gasteiger partial charge in [0.15, 0.2) is 0 Å². The number of nitrogens with zero attached hydrogens (tertiary/aromatic N) is 4. The molecule has 0 atom stereocenters. The lowest BCUT2D eigenvalue weighted by Gasteiger charge is -2.23. The van der Waals surface area contributed by atoms with Crippen LogP contribution < -0.4 is 5.43 Å².